The fraction of sp³-hybridized carbons (Fsp3) is 0.333. The number of rotatable bonds is 3. The van der Waals surface area contributed by atoms with Crippen LogP contribution in [0.1, 0.15) is 36.2 Å². The summed E-state index contributed by atoms with van der Waals surface area (Å²) in [5.41, 5.74) is 0.161. The zero-order valence-electron chi connectivity index (χ0n) is 11.4. The first kappa shape index (κ1) is 14.5. The molecule has 2 aromatic rings. The minimum atomic E-state index is -0.655. The molecule has 1 heterocycles. The number of fused-ring (bicyclic) bond motifs is 1. The summed E-state index contributed by atoms with van der Waals surface area (Å²) in [6.07, 6.45) is 3.54. The molecule has 1 aromatic heterocycles. The summed E-state index contributed by atoms with van der Waals surface area (Å²) in [7, 11) is 0. The highest BCUT2D eigenvalue weighted by Crippen LogP contribution is 2.37. The predicted molar refractivity (Wildman–Crippen MR) is 85.1 cm³/mol. The molecule has 1 saturated carbocycles. The molecule has 0 amide bonds. The Balaban J connectivity index is 2.31. The van der Waals surface area contributed by atoms with Gasteiger partial charge in [0.05, 0.1) is 15.7 Å². The molecule has 0 aliphatic heterocycles. The second-order valence-electron chi connectivity index (χ2n) is 5.01. The zero-order chi connectivity index (χ0) is 15.1. The third-order valence-electron chi connectivity index (χ3n) is 3.51. The van der Waals surface area contributed by atoms with Crippen LogP contribution in [-0.4, -0.2) is 17.1 Å². The molecular weight excluding hydrogens is 388 g/mol. The molecule has 0 spiro atoms. The van der Waals surface area contributed by atoms with Gasteiger partial charge in [0.1, 0.15) is 11.4 Å². The van der Waals surface area contributed by atoms with E-state index in [0.717, 1.165) is 12.8 Å². The number of hydrogen-bond acceptors (Lipinski definition) is 3. The van der Waals surface area contributed by atoms with Gasteiger partial charge < -0.3 is 9.30 Å². The van der Waals surface area contributed by atoms with Crippen LogP contribution in [0.5, 0.6) is 0 Å². The number of halogens is 2. The van der Waals surface area contributed by atoms with E-state index in [1.54, 1.807) is 19.2 Å². The van der Waals surface area contributed by atoms with Crippen LogP contribution in [0.25, 0.3) is 10.9 Å². The van der Waals surface area contributed by atoms with Gasteiger partial charge in [-0.15, -0.1) is 0 Å². The number of nitrogens with zero attached hydrogens (tertiary/aromatic N) is 1. The van der Waals surface area contributed by atoms with Crippen molar-refractivity contribution in [2.75, 3.05) is 6.61 Å². The number of carbonyl (C=O) groups excluding carboxylic acids is 1. The Morgan fingerprint density at radius 3 is 2.81 bits per heavy atom. The van der Waals surface area contributed by atoms with Crippen LogP contribution in [0.15, 0.2) is 23.1 Å². The molecule has 110 valence electrons. The van der Waals surface area contributed by atoms with Gasteiger partial charge in [-0.25, -0.2) is 9.18 Å². The van der Waals surface area contributed by atoms with E-state index < -0.39 is 17.2 Å². The van der Waals surface area contributed by atoms with E-state index in [0.29, 0.717) is 9.09 Å². The van der Waals surface area contributed by atoms with E-state index in [1.165, 1.54) is 6.07 Å². The van der Waals surface area contributed by atoms with Crippen LogP contribution in [0.4, 0.5) is 4.39 Å². The zero-order valence-corrected chi connectivity index (χ0v) is 13.5. The average molecular weight is 401 g/mol. The Bertz CT molecular complexity index is 796. The minimum absolute atomic E-state index is 0.0307. The lowest BCUT2D eigenvalue weighted by molar-refractivity contribution is 0.0524. The van der Waals surface area contributed by atoms with Crippen molar-refractivity contribution in [3.05, 3.63) is 43.5 Å². The highest BCUT2D eigenvalue weighted by Gasteiger charge is 2.27. The molecule has 6 heteroatoms. The maximum Gasteiger partial charge on any atom is 0.343 e. The van der Waals surface area contributed by atoms with Gasteiger partial charge in [0, 0.05) is 17.6 Å². The van der Waals surface area contributed by atoms with Gasteiger partial charge in [0.2, 0.25) is 5.43 Å². The van der Waals surface area contributed by atoms with Crippen molar-refractivity contribution in [2.24, 2.45) is 0 Å². The number of carbonyl (C=O) groups is 1. The first-order chi connectivity index (χ1) is 10.0. The Hall–Kier alpha value is -1.44. The normalized spacial score (nSPS) is 14.4. The lowest BCUT2D eigenvalue weighted by Crippen LogP contribution is -2.21. The summed E-state index contributed by atoms with van der Waals surface area (Å²) < 4.78 is 21.1. The summed E-state index contributed by atoms with van der Waals surface area (Å²) >= 11 is 1.90. The fourth-order valence-electron chi connectivity index (χ4n) is 2.35. The Labute approximate surface area is 134 Å². The first-order valence-corrected chi connectivity index (χ1v) is 7.81. The van der Waals surface area contributed by atoms with E-state index >= 15 is 0 Å². The van der Waals surface area contributed by atoms with E-state index in [4.69, 9.17) is 4.74 Å². The van der Waals surface area contributed by atoms with Crippen LogP contribution in [0, 0.1) is 9.39 Å². The van der Waals surface area contributed by atoms with Gasteiger partial charge in [-0.2, -0.15) is 0 Å². The van der Waals surface area contributed by atoms with Crippen molar-refractivity contribution in [1.82, 2.24) is 4.57 Å². The maximum atomic E-state index is 13.8. The monoisotopic (exact) mass is 401 g/mol. The summed E-state index contributed by atoms with van der Waals surface area (Å²) in [5, 5.41) is 0.227. The molecule has 21 heavy (non-hydrogen) atoms. The predicted octanol–water partition coefficient (Wildman–Crippen LogP) is 3.26. The lowest BCUT2D eigenvalue weighted by Gasteiger charge is -2.13. The van der Waals surface area contributed by atoms with Crippen molar-refractivity contribution in [3.8, 4) is 0 Å². The minimum Gasteiger partial charge on any atom is -0.462 e. The smallest absolute Gasteiger partial charge is 0.343 e. The third-order valence-corrected chi connectivity index (χ3v) is 4.34. The summed E-state index contributed by atoms with van der Waals surface area (Å²) in [6, 6.07) is 3.13. The van der Waals surface area contributed by atoms with Crippen LogP contribution in [-0.2, 0) is 4.74 Å². The number of aromatic nitrogens is 1. The summed E-state index contributed by atoms with van der Waals surface area (Å²) in [5.74, 6) is -1.11. The van der Waals surface area contributed by atoms with E-state index in [9.17, 15) is 14.0 Å². The molecule has 0 N–H and O–H groups in total. The van der Waals surface area contributed by atoms with Crippen LogP contribution >= 0.6 is 22.6 Å². The second kappa shape index (κ2) is 5.40. The quantitative estimate of drug-likeness (QED) is 0.586. The number of pyridine rings is 1. The second-order valence-corrected chi connectivity index (χ2v) is 6.18. The molecule has 0 unspecified atom stereocenters. The number of ether oxygens (including phenoxy) is 1. The number of benzene rings is 1. The topological polar surface area (TPSA) is 48.3 Å². The van der Waals surface area contributed by atoms with Gasteiger partial charge in [-0.05, 0) is 54.5 Å². The van der Waals surface area contributed by atoms with Crippen molar-refractivity contribution < 1.29 is 13.9 Å². The molecule has 1 aromatic carbocycles. The van der Waals surface area contributed by atoms with Gasteiger partial charge in [0.15, 0.2) is 0 Å². The Morgan fingerprint density at radius 1 is 1.48 bits per heavy atom. The van der Waals surface area contributed by atoms with Gasteiger partial charge in [-0.3, -0.25) is 4.79 Å². The Morgan fingerprint density at radius 2 is 2.19 bits per heavy atom. The maximum absolute atomic E-state index is 13.8. The molecule has 0 bridgehead atoms. The van der Waals surface area contributed by atoms with Crippen molar-refractivity contribution in [2.45, 2.75) is 25.8 Å². The number of esters is 1. The Kier molecular flexibility index (Phi) is 3.73. The fourth-order valence-corrected chi connectivity index (χ4v) is 2.80. The molecule has 1 aliphatic carbocycles. The molecule has 1 aliphatic rings. The van der Waals surface area contributed by atoms with Crippen molar-refractivity contribution in [1.29, 1.82) is 0 Å². The lowest BCUT2D eigenvalue weighted by atomic mass is 10.1. The third kappa shape index (κ3) is 2.56. The van der Waals surface area contributed by atoms with Gasteiger partial charge in [0.25, 0.3) is 0 Å². The van der Waals surface area contributed by atoms with Gasteiger partial charge >= 0.3 is 5.97 Å². The first-order valence-electron chi connectivity index (χ1n) is 6.74. The highest BCUT2D eigenvalue weighted by atomic mass is 127. The van der Waals surface area contributed by atoms with E-state index in [1.807, 2.05) is 27.2 Å². The molecule has 1 fully saturated rings. The SMILES string of the molecule is CCOC(=O)c1cn(C2CC2)c2cc(I)c(F)cc2c1=O. The van der Waals surface area contributed by atoms with Crippen LogP contribution in [0.3, 0.4) is 0 Å². The molecule has 0 atom stereocenters. The van der Waals surface area contributed by atoms with Gasteiger partial charge in [-0.1, -0.05) is 0 Å². The van der Waals surface area contributed by atoms with Crippen LogP contribution in [0.2, 0.25) is 0 Å². The molecule has 0 radical (unpaired) electrons. The summed E-state index contributed by atoms with van der Waals surface area (Å²) in [6.45, 7) is 1.88. The van der Waals surface area contributed by atoms with Crippen molar-refractivity contribution in [3.63, 3.8) is 0 Å². The van der Waals surface area contributed by atoms with E-state index in [2.05, 4.69) is 0 Å². The average Bonchev–Trinajstić information content (AvgIpc) is 3.26. The van der Waals surface area contributed by atoms with Crippen LogP contribution < -0.4 is 5.43 Å². The standard InChI is InChI=1S/C15H13FINO3/c1-2-21-15(20)10-7-18(8-3-4-8)13-6-12(17)11(16)5-9(13)14(10)19/h5-8H,2-4H2,1H3. The van der Waals surface area contributed by atoms with Crippen molar-refractivity contribution >= 4 is 39.5 Å². The molecular formula is C15H13FINO3. The number of hydrogen-bond donors (Lipinski definition) is 0. The molecule has 0 saturated heterocycles. The largest absolute Gasteiger partial charge is 0.462 e. The van der Waals surface area contributed by atoms with E-state index in [-0.39, 0.29) is 23.6 Å². The summed E-state index contributed by atoms with van der Waals surface area (Å²) in [4.78, 5) is 24.3. The molecule has 4 nitrogen and oxygen atoms in total. The molecule has 3 rings (SSSR count). The highest BCUT2D eigenvalue weighted by molar-refractivity contribution is 14.1.